The van der Waals surface area contributed by atoms with Crippen LogP contribution in [0.2, 0.25) is 0 Å². The molecule has 160 valence electrons. The molecule has 1 aliphatic heterocycles. The molecule has 1 aromatic carbocycles. The zero-order valence-corrected chi connectivity index (χ0v) is 17.2. The Kier molecular flexibility index (Phi) is 6.46. The number of carbonyl (C=O) groups is 2. The molecule has 3 N–H and O–H groups in total. The molecule has 1 aliphatic rings. The van der Waals surface area contributed by atoms with Crippen molar-refractivity contribution in [1.29, 1.82) is 0 Å². The van der Waals surface area contributed by atoms with E-state index in [2.05, 4.69) is 15.3 Å². The minimum absolute atomic E-state index is 0.122. The van der Waals surface area contributed by atoms with Crippen molar-refractivity contribution in [2.24, 2.45) is 5.73 Å². The lowest BCUT2D eigenvalue weighted by Crippen LogP contribution is -2.36. The first-order valence-corrected chi connectivity index (χ1v) is 9.62. The Bertz CT molecular complexity index is 948. The average molecular weight is 416 g/mol. The zero-order chi connectivity index (χ0) is 21.8. The second-order valence-corrected chi connectivity index (χ2v) is 7.08. The van der Waals surface area contributed by atoms with Gasteiger partial charge in [0.05, 0.1) is 30.1 Å². The van der Waals surface area contributed by atoms with Crippen LogP contribution in [0, 0.1) is 12.7 Å². The number of benzene rings is 1. The van der Waals surface area contributed by atoms with E-state index in [1.165, 1.54) is 12.1 Å². The fourth-order valence-electron chi connectivity index (χ4n) is 3.23. The van der Waals surface area contributed by atoms with Crippen LogP contribution in [0.1, 0.15) is 29.3 Å². The van der Waals surface area contributed by atoms with Crippen molar-refractivity contribution in [3.8, 4) is 0 Å². The summed E-state index contributed by atoms with van der Waals surface area (Å²) in [6, 6.07) is 2.42. The number of anilines is 4. The van der Waals surface area contributed by atoms with Gasteiger partial charge in [0.1, 0.15) is 5.82 Å². The van der Waals surface area contributed by atoms with Crippen molar-refractivity contribution in [3.63, 3.8) is 0 Å². The molecule has 1 unspecified atom stereocenters. The van der Waals surface area contributed by atoms with Crippen LogP contribution in [0.5, 0.6) is 0 Å². The lowest BCUT2D eigenvalue weighted by atomic mass is 10.1. The molecule has 0 aliphatic carbocycles. The number of rotatable bonds is 8. The summed E-state index contributed by atoms with van der Waals surface area (Å²) >= 11 is 0. The largest absolute Gasteiger partial charge is 0.379 e. The number of aryl methyl sites for hydroxylation is 1. The minimum atomic E-state index is -0.840. The van der Waals surface area contributed by atoms with Crippen molar-refractivity contribution >= 4 is 35.5 Å². The summed E-state index contributed by atoms with van der Waals surface area (Å²) in [7, 11) is 1.88. The highest BCUT2D eigenvalue weighted by Crippen LogP contribution is 2.31. The number of hydrogen-bond donors (Lipinski definition) is 2. The fraction of sp³-hybridized carbons (Fsp3) is 0.400. The van der Waals surface area contributed by atoms with Crippen LogP contribution in [0.25, 0.3) is 0 Å². The normalized spacial score (nSPS) is 15.7. The summed E-state index contributed by atoms with van der Waals surface area (Å²) in [4.78, 5) is 35.6. The Morgan fingerprint density at radius 2 is 2.23 bits per heavy atom. The first-order valence-electron chi connectivity index (χ1n) is 9.62. The van der Waals surface area contributed by atoms with Gasteiger partial charge in [-0.25, -0.2) is 9.37 Å². The van der Waals surface area contributed by atoms with E-state index >= 15 is 0 Å². The van der Waals surface area contributed by atoms with Crippen LogP contribution in [0.3, 0.4) is 0 Å². The maximum absolute atomic E-state index is 14.2. The van der Waals surface area contributed by atoms with Gasteiger partial charge in [-0.2, -0.15) is 4.98 Å². The van der Waals surface area contributed by atoms with Gasteiger partial charge >= 0.3 is 0 Å². The molecule has 1 saturated heterocycles. The van der Waals surface area contributed by atoms with Crippen molar-refractivity contribution in [1.82, 2.24) is 9.97 Å². The number of hydrogen-bond acceptors (Lipinski definition) is 7. The molecule has 0 bridgehead atoms. The maximum Gasteiger partial charge on any atom is 0.251 e. The first-order chi connectivity index (χ1) is 14.3. The molecule has 0 radical (unpaired) electrons. The third-order valence-electron chi connectivity index (χ3n) is 5.12. The molecule has 10 heteroatoms. The summed E-state index contributed by atoms with van der Waals surface area (Å²) in [5.74, 6) is -0.948. The molecule has 1 atom stereocenters. The summed E-state index contributed by atoms with van der Waals surface area (Å²) in [6.45, 7) is 5.39. The molecule has 2 heterocycles. The Balaban J connectivity index is 1.99. The van der Waals surface area contributed by atoms with E-state index in [4.69, 9.17) is 10.5 Å². The van der Waals surface area contributed by atoms with Crippen LogP contribution in [0.15, 0.2) is 18.3 Å². The summed E-state index contributed by atoms with van der Waals surface area (Å²) in [5, 5.41) is 2.97. The van der Waals surface area contributed by atoms with E-state index < -0.39 is 11.7 Å². The SMILES string of the molecule is CCN(C)c1cnc(Nc2cc(F)c(C(N)=O)cc2C)nc1N(C=O)C1CCOC1. The molecule has 3 rings (SSSR count). The highest BCUT2D eigenvalue weighted by atomic mass is 19.1. The van der Waals surface area contributed by atoms with E-state index in [1.807, 2.05) is 18.9 Å². The number of nitrogens with two attached hydrogens (primary N) is 1. The predicted octanol–water partition coefficient (Wildman–Crippen LogP) is 1.97. The van der Waals surface area contributed by atoms with Gasteiger partial charge in [0.15, 0.2) is 5.82 Å². The minimum Gasteiger partial charge on any atom is -0.379 e. The number of carbonyl (C=O) groups excluding carboxylic acids is 2. The first kappa shape index (κ1) is 21.4. The van der Waals surface area contributed by atoms with Crippen LogP contribution in [-0.4, -0.2) is 55.1 Å². The van der Waals surface area contributed by atoms with Crippen LogP contribution in [0.4, 0.5) is 27.5 Å². The lowest BCUT2D eigenvalue weighted by molar-refractivity contribution is -0.107. The van der Waals surface area contributed by atoms with Crippen LogP contribution < -0.4 is 20.9 Å². The summed E-state index contributed by atoms with van der Waals surface area (Å²) < 4.78 is 19.6. The van der Waals surface area contributed by atoms with E-state index in [0.29, 0.717) is 48.9 Å². The number of primary amides is 1. The predicted molar refractivity (Wildman–Crippen MR) is 112 cm³/mol. The van der Waals surface area contributed by atoms with E-state index in [0.717, 1.165) is 6.41 Å². The van der Waals surface area contributed by atoms with Crippen LogP contribution >= 0.6 is 0 Å². The highest BCUT2D eigenvalue weighted by Gasteiger charge is 2.27. The molecule has 1 aromatic heterocycles. The number of amides is 2. The Morgan fingerprint density at radius 3 is 2.83 bits per heavy atom. The lowest BCUT2D eigenvalue weighted by Gasteiger charge is -2.28. The number of nitrogens with one attached hydrogen (secondary N) is 1. The van der Waals surface area contributed by atoms with Gasteiger partial charge in [-0.15, -0.1) is 0 Å². The number of halogens is 1. The third-order valence-corrected chi connectivity index (χ3v) is 5.12. The highest BCUT2D eigenvalue weighted by molar-refractivity contribution is 5.94. The fourth-order valence-corrected chi connectivity index (χ4v) is 3.23. The maximum atomic E-state index is 14.2. The molecule has 30 heavy (non-hydrogen) atoms. The Labute approximate surface area is 174 Å². The van der Waals surface area contributed by atoms with Gasteiger partial charge in [-0.05, 0) is 38.0 Å². The molecule has 2 amide bonds. The van der Waals surface area contributed by atoms with Crippen molar-refractivity contribution in [2.75, 3.05) is 41.9 Å². The van der Waals surface area contributed by atoms with E-state index in [1.54, 1.807) is 18.0 Å². The zero-order valence-electron chi connectivity index (χ0n) is 17.2. The van der Waals surface area contributed by atoms with Gasteiger partial charge in [-0.3, -0.25) is 14.5 Å². The van der Waals surface area contributed by atoms with Crippen molar-refractivity contribution in [2.45, 2.75) is 26.3 Å². The quantitative estimate of drug-likeness (QED) is 0.633. The van der Waals surface area contributed by atoms with E-state index in [9.17, 15) is 14.0 Å². The standard InChI is InChI=1S/C20H25FN6O3/c1-4-26(3)17-9-23-20(25-19(17)27(11-28)13-5-6-30-10-13)24-16-8-15(21)14(18(22)29)7-12(16)2/h7-9,11,13H,4-6,10H2,1-3H3,(H2,22,29)(H,23,24,25). The molecule has 9 nitrogen and oxygen atoms in total. The number of ether oxygens (including phenoxy) is 1. The van der Waals surface area contributed by atoms with E-state index in [-0.39, 0.29) is 17.6 Å². The monoisotopic (exact) mass is 416 g/mol. The Morgan fingerprint density at radius 1 is 1.47 bits per heavy atom. The topological polar surface area (TPSA) is 114 Å². The molecular formula is C20H25FN6O3. The second kappa shape index (κ2) is 9.04. The summed E-state index contributed by atoms with van der Waals surface area (Å²) in [5.41, 5.74) is 6.69. The van der Waals surface area contributed by atoms with Gasteiger partial charge < -0.3 is 20.7 Å². The third kappa shape index (κ3) is 4.33. The smallest absolute Gasteiger partial charge is 0.251 e. The van der Waals surface area contributed by atoms with Gasteiger partial charge in [0, 0.05) is 25.9 Å². The second-order valence-electron chi connectivity index (χ2n) is 7.08. The number of aromatic nitrogens is 2. The van der Waals surface area contributed by atoms with Crippen molar-refractivity contribution in [3.05, 3.63) is 35.3 Å². The average Bonchev–Trinajstić information content (AvgIpc) is 3.25. The van der Waals surface area contributed by atoms with Gasteiger partial charge in [-0.1, -0.05) is 0 Å². The molecule has 1 fully saturated rings. The van der Waals surface area contributed by atoms with Gasteiger partial charge in [0.2, 0.25) is 12.4 Å². The van der Waals surface area contributed by atoms with Crippen molar-refractivity contribution < 1.29 is 18.7 Å². The Hall–Kier alpha value is -3.27. The van der Waals surface area contributed by atoms with Gasteiger partial charge in [0.25, 0.3) is 5.91 Å². The van der Waals surface area contributed by atoms with Crippen LogP contribution in [-0.2, 0) is 9.53 Å². The number of nitrogens with zero attached hydrogens (tertiary/aromatic N) is 4. The molecular weight excluding hydrogens is 391 g/mol. The molecule has 0 saturated carbocycles. The summed E-state index contributed by atoms with van der Waals surface area (Å²) in [6.07, 6.45) is 3.06. The molecule has 2 aromatic rings. The molecule has 0 spiro atoms.